The van der Waals surface area contributed by atoms with Gasteiger partial charge in [0.1, 0.15) is 12.2 Å². The molecule has 0 spiro atoms. The molecule has 1 aliphatic rings. The molecule has 1 aromatic carbocycles. The predicted octanol–water partition coefficient (Wildman–Crippen LogP) is 2.45. The quantitative estimate of drug-likeness (QED) is 0.706. The minimum atomic E-state index is -1.13. The smallest absolute Gasteiger partial charge is 0.224 e. The summed E-state index contributed by atoms with van der Waals surface area (Å²) in [4.78, 5) is 18.8. The number of carbonyl (C=O) groups is 1. The van der Waals surface area contributed by atoms with Gasteiger partial charge in [-0.2, -0.15) is 0 Å². The Labute approximate surface area is 151 Å². The molecule has 134 valence electrons. The minimum absolute atomic E-state index is 0.211. The first-order valence-corrected chi connectivity index (χ1v) is 8.61. The Balaban J connectivity index is 2.04. The van der Waals surface area contributed by atoms with E-state index in [2.05, 4.69) is 4.98 Å². The molecule has 0 saturated heterocycles. The second-order valence-corrected chi connectivity index (χ2v) is 6.78. The number of pyridine rings is 1. The molecule has 1 amide bonds. The van der Waals surface area contributed by atoms with Crippen molar-refractivity contribution >= 4 is 17.2 Å². The molecule has 3 unspecified atom stereocenters. The summed E-state index contributed by atoms with van der Waals surface area (Å²) in [6.45, 7) is 5.34. The van der Waals surface area contributed by atoms with Crippen LogP contribution in [0, 0.1) is 13.8 Å². The largest absolute Gasteiger partial charge is 0.388 e. The highest BCUT2D eigenvalue weighted by atomic mass is 16.3. The van der Waals surface area contributed by atoms with Crippen LogP contribution < -0.4 is 4.90 Å². The molecule has 0 aliphatic carbocycles. The number of anilines is 1. The third-order valence-corrected chi connectivity index (χ3v) is 5.24. The van der Waals surface area contributed by atoms with Crippen LogP contribution in [-0.2, 0) is 4.79 Å². The van der Waals surface area contributed by atoms with E-state index >= 15 is 0 Å². The fourth-order valence-electron chi connectivity index (χ4n) is 3.82. The molecule has 2 N–H and O–H groups in total. The summed E-state index contributed by atoms with van der Waals surface area (Å²) in [6, 6.07) is 10.4. The second kappa shape index (κ2) is 5.93. The molecule has 6 nitrogen and oxygen atoms in total. The maximum atomic E-state index is 12.6. The van der Waals surface area contributed by atoms with Crippen LogP contribution in [0.2, 0.25) is 0 Å². The van der Waals surface area contributed by atoms with Gasteiger partial charge in [-0.25, -0.2) is 4.98 Å². The molecule has 0 fully saturated rings. The second-order valence-electron chi connectivity index (χ2n) is 6.78. The summed E-state index contributed by atoms with van der Waals surface area (Å²) in [5, 5.41) is 21.6. The maximum absolute atomic E-state index is 12.6. The number of amides is 1. The summed E-state index contributed by atoms with van der Waals surface area (Å²) in [7, 11) is 0. The van der Waals surface area contributed by atoms with Gasteiger partial charge in [0.25, 0.3) is 0 Å². The summed E-state index contributed by atoms with van der Waals surface area (Å²) < 4.78 is 1.91. The van der Waals surface area contributed by atoms with Gasteiger partial charge >= 0.3 is 0 Å². The number of benzene rings is 1. The summed E-state index contributed by atoms with van der Waals surface area (Å²) in [6.07, 6.45) is -0.415. The molecule has 26 heavy (non-hydrogen) atoms. The molecule has 6 heteroatoms. The number of imidazole rings is 1. The van der Waals surface area contributed by atoms with E-state index in [4.69, 9.17) is 0 Å². The normalized spacial score (nSPS) is 22.5. The number of aryl methyl sites for hydroxylation is 2. The first kappa shape index (κ1) is 16.8. The Hall–Kier alpha value is -2.70. The number of carbonyl (C=O) groups excluding carboxylic acids is 1. The van der Waals surface area contributed by atoms with Gasteiger partial charge in [0, 0.05) is 24.4 Å². The molecule has 3 heterocycles. The number of aliphatic hydroxyl groups excluding tert-OH is 2. The van der Waals surface area contributed by atoms with Crippen LogP contribution in [0.4, 0.5) is 5.69 Å². The van der Waals surface area contributed by atoms with Crippen LogP contribution in [0.5, 0.6) is 0 Å². The van der Waals surface area contributed by atoms with Crippen molar-refractivity contribution in [2.24, 2.45) is 0 Å². The van der Waals surface area contributed by atoms with Crippen molar-refractivity contribution in [3.8, 4) is 0 Å². The van der Waals surface area contributed by atoms with Crippen molar-refractivity contribution in [2.75, 3.05) is 4.90 Å². The molecule has 0 saturated carbocycles. The van der Waals surface area contributed by atoms with E-state index in [1.54, 1.807) is 11.0 Å². The average molecular weight is 351 g/mol. The van der Waals surface area contributed by atoms with E-state index in [0.29, 0.717) is 16.9 Å². The van der Waals surface area contributed by atoms with E-state index in [1.165, 1.54) is 6.92 Å². The molecule has 0 radical (unpaired) electrons. The predicted molar refractivity (Wildman–Crippen MR) is 98.0 cm³/mol. The van der Waals surface area contributed by atoms with Crippen molar-refractivity contribution < 1.29 is 15.0 Å². The number of fused-ring (bicyclic) bond motifs is 3. The monoisotopic (exact) mass is 351 g/mol. The molecule has 2 aromatic heterocycles. The standard InChI is InChI=1S/C20H21N3O3/c1-11-12(2)22-10-9-15-17(20(22)21-11)23(13(3)24)16(19(26)18(15)25)14-7-5-4-6-8-14/h4-10,16,18-19,25-26H,1-3H3. The van der Waals surface area contributed by atoms with Crippen molar-refractivity contribution in [3.63, 3.8) is 0 Å². The molecular formula is C20H21N3O3. The lowest BCUT2D eigenvalue weighted by Gasteiger charge is -2.42. The molecule has 1 aliphatic heterocycles. The van der Waals surface area contributed by atoms with Crippen LogP contribution in [0.3, 0.4) is 0 Å². The number of hydrogen-bond donors (Lipinski definition) is 2. The van der Waals surface area contributed by atoms with Crippen molar-refractivity contribution in [1.82, 2.24) is 9.38 Å². The lowest BCUT2D eigenvalue weighted by molar-refractivity contribution is -0.118. The van der Waals surface area contributed by atoms with Gasteiger partial charge in [-0.05, 0) is 25.5 Å². The lowest BCUT2D eigenvalue weighted by atomic mass is 9.87. The molecule has 4 rings (SSSR count). The molecule has 0 bridgehead atoms. The van der Waals surface area contributed by atoms with Gasteiger partial charge in [0.15, 0.2) is 5.65 Å². The summed E-state index contributed by atoms with van der Waals surface area (Å²) >= 11 is 0. The van der Waals surface area contributed by atoms with Crippen molar-refractivity contribution in [1.29, 1.82) is 0 Å². The van der Waals surface area contributed by atoms with E-state index in [0.717, 1.165) is 17.0 Å². The number of nitrogens with zero attached hydrogens (tertiary/aromatic N) is 3. The molecular weight excluding hydrogens is 330 g/mol. The summed E-state index contributed by atoms with van der Waals surface area (Å²) in [5.74, 6) is -0.211. The SMILES string of the molecule is CC(=O)N1c2c(ccn3c(C)c(C)nc23)C(O)C(O)C1c1ccccc1. The third kappa shape index (κ3) is 2.26. The summed E-state index contributed by atoms with van der Waals surface area (Å²) in [5.41, 5.74) is 4.28. The topological polar surface area (TPSA) is 78.1 Å². The van der Waals surface area contributed by atoms with Crippen LogP contribution in [0.1, 0.15) is 41.6 Å². The minimum Gasteiger partial charge on any atom is -0.388 e. The van der Waals surface area contributed by atoms with Crippen LogP contribution in [0.25, 0.3) is 5.65 Å². The highest BCUT2D eigenvalue weighted by Crippen LogP contribution is 2.45. The third-order valence-electron chi connectivity index (χ3n) is 5.24. The van der Waals surface area contributed by atoms with Gasteiger partial charge in [0.05, 0.1) is 17.4 Å². The Morgan fingerprint density at radius 1 is 1.12 bits per heavy atom. The fraction of sp³-hybridized carbons (Fsp3) is 0.300. The van der Waals surface area contributed by atoms with Gasteiger partial charge in [0.2, 0.25) is 5.91 Å². The zero-order valence-corrected chi connectivity index (χ0v) is 14.9. The van der Waals surface area contributed by atoms with Crippen LogP contribution in [-0.4, -0.2) is 31.6 Å². The van der Waals surface area contributed by atoms with Crippen LogP contribution >= 0.6 is 0 Å². The van der Waals surface area contributed by atoms with E-state index in [-0.39, 0.29) is 5.91 Å². The lowest BCUT2D eigenvalue weighted by Crippen LogP contribution is -2.46. The Morgan fingerprint density at radius 2 is 1.81 bits per heavy atom. The average Bonchev–Trinajstić information content (AvgIpc) is 2.92. The highest BCUT2D eigenvalue weighted by Gasteiger charge is 2.43. The Bertz CT molecular complexity index is 996. The highest BCUT2D eigenvalue weighted by molar-refractivity contribution is 5.98. The zero-order chi connectivity index (χ0) is 18.6. The van der Waals surface area contributed by atoms with E-state index in [9.17, 15) is 15.0 Å². The van der Waals surface area contributed by atoms with Crippen molar-refractivity contribution in [2.45, 2.75) is 39.0 Å². The van der Waals surface area contributed by atoms with E-state index in [1.807, 2.05) is 54.8 Å². The van der Waals surface area contributed by atoms with Crippen LogP contribution in [0.15, 0.2) is 42.6 Å². The number of aromatic nitrogens is 2. The maximum Gasteiger partial charge on any atom is 0.224 e. The zero-order valence-electron chi connectivity index (χ0n) is 14.9. The van der Waals surface area contributed by atoms with Gasteiger partial charge < -0.3 is 14.6 Å². The Kier molecular flexibility index (Phi) is 3.82. The first-order valence-electron chi connectivity index (χ1n) is 8.61. The molecule has 3 atom stereocenters. The van der Waals surface area contributed by atoms with Crippen molar-refractivity contribution in [3.05, 3.63) is 65.1 Å². The van der Waals surface area contributed by atoms with Gasteiger partial charge in [-0.3, -0.25) is 9.69 Å². The first-order chi connectivity index (χ1) is 12.4. The van der Waals surface area contributed by atoms with Gasteiger partial charge in [-0.15, -0.1) is 0 Å². The fourth-order valence-corrected chi connectivity index (χ4v) is 3.82. The number of aliphatic hydroxyl groups is 2. The number of rotatable bonds is 1. The number of hydrogen-bond acceptors (Lipinski definition) is 4. The van der Waals surface area contributed by atoms with Gasteiger partial charge in [-0.1, -0.05) is 30.3 Å². The van der Waals surface area contributed by atoms with E-state index < -0.39 is 18.2 Å². The molecule has 3 aromatic rings. The Morgan fingerprint density at radius 3 is 2.46 bits per heavy atom.